The van der Waals surface area contributed by atoms with Gasteiger partial charge in [0.15, 0.2) is 5.67 Å². The Hall–Kier alpha value is -3.42. The van der Waals surface area contributed by atoms with E-state index in [1.807, 2.05) is 84.9 Å². The molecule has 170 valence electrons. The molecule has 0 aliphatic carbocycles. The Bertz CT molecular complexity index is 1240. The van der Waals surface area contributed by atoms with Crippen molar-refractivity contribution in [3.05, 3.63) is 144 Å². The topological polar surface area (TPSA) is 25.8 Å². The van der Waals surface area contributed by atoms with E-state index in [1.54, 1.807) is 30.5 Å². The molecule has 0 radical (unpaired) electrons. The van der Waals surface area contributed by atoms with Gasteiger partial charge in [0.1, 0.15) is 0 Å². The van der Waals surface area contributed by atoms with Crippen LogP contribution in [0.4, 0.5) is 4.39 Å². The van der Waals surface area contributed by atoms with Crippen molar-refractivity contribution in [2.75, 3.05) is 0 Å². The smallest absolute Gasteiger partial charge is 0.305 e. The van der Waals surface area contributed by atoms with Crippen molar-refractivity contribution in [3.63, 3.8) is 0 Å². The number of nitrogens with zero attached hydrogens (tertiary/aromatic N) is 2. The summed E-state index contributed by atoms with van der Waals surface area (Å²) in [6.45, 7) is 0. The summed E-state index contributed by atoms with van der Waals surface area (Å²) < 4.78 is 17.3. The van der Waals surface area contributed by atoms with E-state index in [1.165, 1.54) is 0 Å². The minimum Gasteiger partial charge on any atom is -0.305 e. The van der Waals surface area contributed by atoms with Crippen LogP contribution in [0.3, 0.4) is 0 Å². The monoisotopic (exact) mass is 625 g/mol. The zero-order chi connectivity index (χ0) is 21.8. The Labute approximate surface area is 214 Å². The molecule has 0 aliphatic heterocycles. The molecule has 1 unspecified atom stereocenters. The van der Waals surface area contributed by atoms with Crippen LogP contribution >= 0.6 is 0 Å². The van der Waals surface area contributed by atoms with Gasteiger partial charge in [-0.2, -0.15) is 0 Å². The average Bonchev–Trinajstić information content (AvgIpc) is 2.90. The second-order valence-corrected chi connectivity index (χ2v) is 7.40. The number of benzene rings is 3. The largest absolute Gasteiger partial charge is 2.00 e. The van der Waals surface area contributed by atoms with Crippen molar-refractivity contribution in [2.24, 2.45) is 0 Å². The van der Waals surface area contributed by atoms with Crippen LogP contribution in [-0.4, -0.2) is 9.97 Å². The van der Waals surface area contributed by atoms with Crippen molar-refractivity contribution >= 4 is 0 Å². The molecule has 2 aromatic heterocycles. The molecule has 0 saturated heterocycles. The quantitative estimate of drug-likeness (QED) is 0.192. The van der Waals surface area contributed by atoms with Gasteiger partial charge in [0, 0.05) is 6.20 Å². The number of pyridine rings is 2. The van der Waals surface area contributed by atoms with E-state index in [-0.39, 0.29) is 28.5 Å². The fourth-order valence-corrected chi connectivity index (χ4v) is 3.78. The third kappa shape index (κ3) is 4.90. The summed E-state index contributed by atoms with van der Waals surface area (Å²) in [5.41, 5.74) is 2.14. The van der Waals surface area contributed by atoms with Gasteiger partial charge in [0.05, 0.1) is 5.69 Å². The molecule has 3 aromatic carbocycles. The molecule has 5 aromatic rings. The average molecular weight is 626 g/mol. The molecular weight excluding hydrogens is 602 g/mol. The van der Waals surface area contributed by atoms with E-state index < -0.39 is 5.67 Å². The van der Waals surface area contributed by atoms with Crippen molar-refractivity contribution in [1.29, 1.82) is 0 Å². The van der Waals surface area contributed by atoms with Gasteiger partial charge < -0.3 is 4.98 Å². The van der Waals surface area contributed by atoms with Crippen LogP contribution in [0, 0.1) is 12.1 Å². The first-order valence-corrected chi connectivity index (χ1v) is 10.4. The van der Waals surface area contributed by atoms with E-state index >= 15 is 4.39 Å². The molecule has 0 amide bonds. The minimum atomic E-state index is -1.99. The molecule has 0 saturated carbocycles. The molecule has 0 N–H and O–H groups in total. The van der Waals surface area contributed by atoms with E-state index in [0.29, 0.717) is 22.5 Å². The van der Waals surface area contributed by atoms with Crippen LogP contribution in [0.25, 0.3) is 22.5 Å². The van der Waals surface area contributed by atoms with Gasteiger partial charge in [0.25, 0.3) is 0 Å². The number of hydrogen-bond acceptors (Lipinski definition) is 2. The van der Waals surface area contributed by atoms with Crippen LogP contribution < -0.4 is 0 Å². The Kier molecular flexibility index (Phi) is 8.25. The van der Waals surface area contributed by atoms with E-state index in [4.69, 9.17) is 4.98 Å². The number of hydrogen-bond donors (Lipinski definition) is 0. The summed E-state index contributed by atoms with van der Waals surface area (Å²) in [4.78, 5) is 9.13. The van der Waals surface area contributed by atoms with Crippen molar-refractivity contribution in [1.82, 2.24) is 9.97 Å². The van der Waals surface area contributed by atoms with Crippen molar-refractivity contribution in [3.8, 4) is 22.5 Å². The molecule has 2 heterocycles. The summed E-state index contributed by atoms with van der Waals surface area (Å²) in [6.07, 6.45) is 1.72. The SMILES string of the molecule is C.FC(c1[c-]c(-c2ccccn2)ccc1)(c1ccccc1)c1cccc(-c2[c-]cccc2)n1.[Pt+2]. The summed E-state index contributed by atoms with van der Waals surface area (Å²) >= 11 is 0. The number of rotatable bonds is 5. The van der Waals surface area contributed by atoms with Gasteiger partial charge in [-0.05, 0) is 29.1 Å². The van der Waals surface area contributed by atoms with E-state index in [2.05, 4.69) is 17.1 Å². The van der Waals surface area contributed by atoms with Crippen LogP contribution in [0.5, 0.6) is 0 Å². The second kappa shape index (κ2) is 11.1. The minimum absolute atomic E-state index is 0. The summed E-state index contributed by atoms with van der Waals surface area (Å²) in [7, 11) is 0. The number of aromatic nitrogens is 2. The molecule has 0 fully saturated rings. The summed E-state index contributed by atoms with van der Waals surface area (Å²) in [6, 6.07) is 39.7. The predicted molar refractivity (Wildman–Crippen MR) is 131 cm³/mol. The normalized spacial score (nSPS) is 12.0. The molecular formula is C30H23FN2Pt. The van der Waals surface area contributed by atoms with Gasteiger partial charge in [0.2, 0.25) is 0 Å². The van der Waals surface area contributed by atoms with Crippen molar-refractivity contribution < 1.29 is 25.5 Å². The standard InChI is InChI=1S/C29H19FN2.CH4.Pt/c30-29(24-14-5-2-6-15-24,25-16-9-13-23(21-25)26-17-7-8-20-31-26)28-19-10-18-27(32-28)22-11-3-1-4-12-22;;/h1-11,13-20H;1H4;/q-2;;+2. The van der Waals surface area contributed by atoms with Gasteiger partial charge in [-0.25, -0.2) is 4.39 Å². The molecule has 1 atom stereocenters. The zero-order valence-corrected chi connectivity index (χ0v) is 19.8. The van der Waals surface area contributed by atoms with Gasteiger partial charge in [-0.15, -0.1) is 65.7 Å². The van der Waals surface area contributed by atoms with Crippen LogP contribution in [0.15, 0.2) is 115 Å². The third-order valence-electron chi connectivity index (χ3n) is 5.37. The Morgan fingerprint density at radius 1 is 0.676 bits per heavy atom. The fraction of sp³-hybridized carbons (Fsp3) is 0.0667. The Morgan fingerprint density at radius 3 is 2.12 bits per heavy atom. The second-order valence-electron chi connectivity index (χ2n) is 7.40. The maximum Gasteiger partial charge on any atom is 2.00 e. The van der Waals surface area contributed by atoms with Gasteiger partial charge >= 0.3 is 21.1 Å². The first kappa shape index (κ1) is 25.2. The van der Waals surface area contributed by atoms with Crippen LogP contribution in [-0.2, 0) is 26.7 Å². The van der Waals surface area contributed by atoms with Gasteiger partial charge in [-0.1, -0.05) is 67.6 Å². The summed E-state index contributed by atoms with van der Waals surface area (Å²) in [5, 5.41) is 0. The summed E-state index contributed by atoms with van der Waals surface area (Å²) in [5.74, 6) is 0. The number of halogens is 1. The number of alkyl halides is 1. The maximum absolute atomic E-state index is 17.3. The molecule has 34 heavy (non-hydrogen) atoms. The molecule has 0 spiro atoms. The van der Waals surface area contributed by atoms with E-state index in [9.17, 15) is 0 Å². The van der Waals surface area contributed by atoms with E-state index in [0.717, 1.165) is 16.8 Å². The Balaban J connectivity index is 0.00000162. The first-order chi connectivity index (χ1) is 15.7. The molecule has 0 aliphatic rings. The molecule has 0 bridgehead atoms. The van der Waals surface area contributed by atoms with Gasteiger partial charge in [-0.3, -0.25) is 4.98 Å². The fourth-order valence-electron chi connectivity index (χ4n) is 3.78. The maximum atomic E-state index is 17.3. The Morgan fingerprint density at radius 2 is 1.38 bits per heavy atom. The molecule has 5 rings (SSSR count). The predicted octanol–water partition coefficient (Wildman–Crippen LogP) is 7.31. The van der Waals surface area contributed by atoms with Crippen LogP contribution in [0.2, 0.25) is 0 Å². The first-order valence-electron chi connectivity index (χ1n) is 10.4. The van der Waals surface area contributed by atoms with Crippen molar-refractivity contribution in [2.45, 2.75) is 13.1 Å². The van der Waals surface area contributed by atoms with Crippen LogP contribution in [0.1, 0.15) is 24.2 Å². The zero-order valence-electron chi connectivity index (χ0n) is 17.6. The third-order valence-corrected chi connectivity index (χ3v) is 5.37. The molecule has 2 nitrogen and oxygen atoms in total. The molecule has 4 heteroatoms.